The molecule has 0 aliphatic heterocycles. The summed E-state index contributed by atoms with van der Waals surface area (Å²) in [6.07, 6.45) is -0.0757. The number of nitrogens with two attached hydrogens (primary N) is 1. The molecule has 0 saturated heterocycles. The molecule has 0 bridgehead atoms. The lowest BCUT2D eigenvalue weighted by atomic mass is 9.96. The minimum absolute atomic E-state index is 0.0757. The highest BCUT2D eigenvalue weighted by atomic mass is 16.5. The molecule has 0 aliphatic rings. The Kier molecular flexibility index (Phi) is 5.50. The van der Waals surface area contributed by atoms with Crippen molar-refractivity contribution in [3.05, 3.63) is 11.9 Å². The fraction of sp³-hybridized carbons (Fsp3) is 0.692. The predicted octanol–water partition coefficient (Wildman–Crippen LogP) is 1.86. The average molecular weight is 268 g/mol. The van der Waals surface area contributed by atoms with Gasteiger partial charge in [0.05, 0.1) is 6.61 Å². The molecular formula is C13H24N4O2. The van der Waals surface area contributed by atoms with E-state index in [1.807, 2.05) is 34.6 Å². The van der Waals surface area contributed by atoms with Crippen molar-refractivity contribution >= 4 is 5.82 Å². The van der Waals surface area contributed by atoms with Gasteiger partial charge in [-0.2, -0.15) is 4.98 Å². The van der Waals surface area contributed by atoms with E-state index in [2.05, 4.69) is 15.4 Å². The van der Waals surface area contributed by atoms with Gasteiger partial charge in [0.2, 0.25) is 5.88 Å². The van der Waals surface area contributed by atoms with Crippen molar-refractivity contribution in [2.75, 3.05) is 18.6 Å². The maximum absolute atomic E-state index is 5.72. The molecule has 6 nitrogen and oxygen atoms in total. The van der Waals surface area contributed by atoms with Crippen molar-refractivity contribution in [2.45, 2.75) is 46.1 Å². The Labute approximate surface area is 114 Å². The van der Waals surface area contributed by atoms with Gasteiger partial charge in [0, 0.05) is 18.1 Å². The van der Waals surface area contributed by atoms with Gasteiger partial charge in [-0.25, -0.2) is 10.8 Å². The standard InChI is InChI=1S/C13H24N4O2/c1-6-18-8-9(2)19-11-7-10(17-14)15-12(16-11)13(3,4)5/h7,9H,6,8,14H2,1-5H3,(H,15,16,17). The summed E-state index contributed by atoms with van der Waals surface area (Å²) in [6, 6.07) is 1.68. The van der Waals surface area contributed by atoms with Gasteiger partial charge in [0.25, 0.3) is 0 Å². The summed E-state index contributed by atoms with van der Waals surface area (Å²) in [5.41, 5.74) is 2.36. The first-order chi connectivity index (χ1) is 8.86. The monoisotopic (exact) mass is 268 g/mol. The van der Waals surface area contributed by atoms with E-state index in [-0.39, 0.29) is 11.5 Å². The van der Waals surface area contributed by atoms with Crippen LogP contribution >= 0.6 is 0 Å². The Morgan fingerprint density at radius 3 is 2.58 bits per heavy atom. The molecule has 0 aliphatic carbocycles. The van der Waals surface area contributed by atoms with Gasteiger partial charge in [-0.1, -0.05) is 20.8 Å². The van der Waals surface area contributed by atoms with Gasteiger partial charge in [-0.3, -0.25) is 0 Å². The van der Waals surface area contributed by atoms with Gasteiger partial charge in [0.1, 0.15) is 17.7 Å². The fourth-order valence-corrected chi connectivity index (χ4v) is 1.42. The van der Waals surface area contributed by atoms with Crippen LogP contribution in [-0.2, 0) is 10.2 Å². The van der Waals surface area contributed by atoms with E-state index in [9.17, 15) is 0 Å². The van der Waals surface area contributed by atoms with Crippen molar-refractivity contribution in [1.29, 1.82) is 0 Å². The second-order valence-electron chi connectivity index (χ2n) is 5.40. The van der Waals surface area contributed by atoms with E-state index in [4.69, 9.17) is 15.3 Å². The normalized spacial score (nSPS) is 13.2. The molecule has 0 radical (unpaired) electrons. The Hall–Kier alpha value is -1.40. The molecule has 1 unspecified atom stereocenters. The lowest BCUT2D eigenvalue weighted by Crippen LogP contribution is -2.23. The second-order valence-corrected chi connectivity index (χ2v) is 5.40. The van der Waals surface area contributed by atoms with E-state index in [1.54, 1.807) is 6.07 Å². The third-order valence-electron chi connectivity index (χ3n) is 2.40. The van der Waals surface area contributed by atoms with Crippen LogP contribution in [0.2, 0.25) is 0 Å². The molecule has 108 valence electrons. The third-order valence-corrected chi connectivity index (χ3v) is 2.40. The summed E-state index contributed by atoms with van der Waals surface area (Å²) < 4.78 is 11.0. The molecule has 0 saturated carbocycles. The highest BCUT2D eigenvalue weighted by molar-refractivity contribution is 5.38. The number of hydrogen-bond donors (Lipinski definition) is 2. The van der Waals surface area contributed by atoms with Crippen molar-refractivity contribution in [3.63, 3.8) is 0 Å². The zero-order chi connectivity index (χ0) is 14.5. The summed E-state index contributed by atoms with van der Waals surface area (Å²) in [4.78, 5) is 8.75. The van der Waals surface area contributed by atoms with E-state index in [0.29, 0.717) is 30.7 Å². The van der Waals surface area contributed by atoms with Gasteiger partial charge < -0.3 is 14.9 Å². The topological polar surface area (TPSA) is 82.3 Å². The molecule has 0 amide bonds. The predicted molar refractivity (Wildman–Crippen MR) is 75.1 cm³/mol. The molecule has 3 N–H and O–H groups in total. The number of nitrogens with zero attached hydrogens (tertiary/aromatic N) is 2. The van der Waals surface area contributed by atoms with E-state index in [0.717, 1.165) is 0 Å². The first kappa shape index (κ1) is 15.7. The van der Waals surface area contributed by atoms with E-state index >= 15 is 0 Å². The lowest BCUT2D eigenvalue weighted by Gasteiger charge is -2.20. The number of nitrogen functional groups attached to an aromatic ring is 1. The summed E-state index contributed by atoms with van der Waals surface area (Å²) in [6.45, 7) is 11.2. The third kappa shape index (κ3) is 5.00. The Morgan fingerprint density at radius 2 is 2.05 bits per heavy atom. The largest absolute Gasteiger partial charge is 0.472 e. The Bertz CT molecular complexity index is 404. The molecule has 1 rings (SSSR count). The van der Waals surface area contributed by atoms with Crippen molar-refractivity contribution in [2.24, 2.45) is 5.84 Å². The van der Waals surface area contributed by atoms with Crippen LogP contribution in [-0.4, -0.2) is 29.3 Å². The molecule has 1 atom stereocenters. The SMILES string of the molecule is CCOCC(C)Oc1cc(NN)nc(C(C)(C)C)n1. The van der Waals surface area contributed by atoms with Crippen LogP contribution in [0.3, 0.4) is 0 Å². The first-order valence-electron chi connectivity index (χ1n) is 6.47. The fourth-order valence-electron chi connectivity index (χ4n) is 1.42. The zero-order valence-electron chi connectivity index (χ0n) is 12.4. The summed E-state index contributed by atoms with van der Waals surface area (Å²) in [5.74, 6) is 7.14. The van der Waals surface area contributed by atoms with Crippen LogP contribution in [0.1, 0.15) is 40.4 Å². The van der Waals surface area contributed by atoms with Crippen LogP contribution in [0.25, 0.3) is 0 Å². The average Bonchev–Trinajstić information content (AvgIpc) is 2.34. The molecule has 19 heavy (non-hydrogen) atoms. The maximum atomic E-state index is 5.72. The number of hydrazine groups is 1. The highest BCUT2D eigenvalue weighted by Gasteiger charge is 2.20. The molecular weight excluding hydrogens is 244 g/mol. The smallest absolute Gasteiger partial charge is 0.219 e. The number of hydrogen-bond acceptors (Lipinski definition) is 6. The van der Waals surface area contributed by atoms with E-state index in [1.165, 1.54) is 0 Å². The summed E-state index contributed by atoms with van der Waals surface area (Å²) in [5, 5.41) is 0. The molecule has 1 aromatic heterocycles. The second kappa shape index (κ2) is 6.68. The number of nitrogens with one attached hydrogen (secondary N) is 1. The lowest BCUT2D eigenvalue weighted by molar-refractivity contribution is 0.0631. The first-order valence-corrected chi connectivity index (χ1v) is 6.47. The van der Waals surface area contributed by atoms with Crippen molar-refractivity contribution < 1.29 is 9.47 Å². The highest BCUT2D eigenvalue weighted by Crippen LogP contribution is 2.23. The summed E-state index contributed by atoms with van der Waals surface area (Å²) in [7, 11) is 0. The number of rotatable bonds is 6. The van der Waals surface area contributed by atoms with Crippen molar-refractivity contribution in [1.82, 2.24) is 9.97 Å². The molecule has 6 heteroatoms. The molecule has 0 spiro atoms. The Balaban J connectivity index is 2.88. The molecule has 0 aromatic carbocycles. The number of anilines is 1. The van der Waals surface area contributed by atoms with Crippen LogP contribution in [0.4, 0.5) is 5.82 Å². The molecule has 0 fully saturated rings. The number of ether oxygens (including phenoxy) is 2. The van der Waals surface area contributed by atoms with Gasteiger partial charge in [0.15, 0.2) is 0 Å². The van der Waals surface area contributed by atoms with Gasteiger partial charge in [-0.15, -0.1) is 0 Å². The zero-order valence-corrected chi connectivity index (χ0v) is 12.4. The van der Waals surface area contributed by atoms with Crippen LogP contribution in [0.15, 0.2) is 6.07 Å². The molecule has 1 heterocycles. The quantitative estimate of drug-likeness (QED) is 0.605. The minimum Gasteiger partial charge on any atom is -0.472 e. The molecule has 1 aromatic rings. The maximum Gasteiger partial charge on any atom is 0.219 e. The van der Waals surface area contributed by atoms with Crippen LogP contribution in [0.5, 0.6) is 5.88 Å². The van der Waals surface area contributed by atoms with E-state index < -0.39 is 0 Å². The van der Waals surface area contributed by atoms with Gasteiger partial charge >= 0.3 is 0 Å². The summed E-state index contributed by atoms with van der Waals surface area (Å²) >= 11 is 0. The number of aromatic nitrogens is 2. The van der Waals surface area contributed by atoms with Crippen molar-refractivity contribution in [3.8, 4) is 5.88 Å². The minimum atomic E-state index is -0.172. The van der Waals surface area contributed by atoms with Crippen LogP contribution in [0, 0.1) is 0 Å². The van der Waals surface area contributed by atoms with Gasteiger partial charge in [-0.05, 0) is 13.8 Å². The Morgan fingerprint density at radius 1 is 1.37 bits per heavy atom. The van der Waals surface area contributed by atoms with Crippen LogP contribution < -0.4 is 16.0 Å².